The molecule has 0 saturated carbocycles. The molecule has 2 rings (SSSR count). The summed E-state index contributed by atoms with van der Waals surface area (Å²) in [6, 6.07) is 2.25. The van der Waals surface area contributed by atoms with E-state index in [1.54, 1.807) is 0 Å². The smallest absolute Gasteiger partial charge is 0.225 e. The van der Waals surface area contributed by atoms with E-state index in [9.17, 15) is 0 Å². The van der Waals surface area contributed by atoms with Crippen LogP contribution in [0.1, 0.15) is 24.8 Å². The number of hydrogen-bond donors (Lipinski definition) is 0. The van der Waals surface area contributed by atoms with Crippen LogP contribution in [0.5, 0.6) is 0 Å². The first-order chi connectivity index (χ1) is 7.79. The van der Waals surface area contributed by atoms with Crippen molar-refractivity contribution in [1.82, 2.24) is 9.97 Å². The van der Waals surface area contributed by atoms with Crippen molar-refractivity contribution in [2.75, 3.05) is 18.0 Å². The molecule has 4 nitrogen and oxygen atoms in total. The molecule has 4 heteroatoms. The average molecular weight is 216 g/mol. The minimum atomic E-state index is 0.562. The minimum Gasteiger partial charge on any atom is -0.341 e. The topological polar surface area (TPSA) is 52.8 Å². The number of nitrogens with zero attached hydrogens (tertiary/aromatic N) is 4. The molecule has 0 radical (unpaired) electrons. The Balaban J connectivity index is 1.94. The van der Waals surface area contributed by atoms with Gasteiger partial charge in [0.1, 0.15) is 0 Å². The lowest BCUT2D eigenvalue weighted by molar-refractivity contribution is 0.409. The first-order valence-corrected chi connectivity index (χ1v) is 5.70. The van der Waals surface area contributed by atoms with E-state index in [-0.39, 0.29) is 0 Å². The summed E-state index contributed by atoms with van der Waals surface area (Å²) in [5.41, 5.74) is 1.09. The zero-order valence-corrected chi connectivity index (χ0v) is 9.56. The van der Waals surface area contributed by atoms with Gasteiger partial charge in [0.15, 0.2) is 0 Å². The largest absolute Gasteiger partial charge is 0.341 e. The van der Waals surface area contributed by atoms with Crippen LogP contribution in [-0.4, -0.2) is 23.1 Å². The molecule has 0 bridgehead atoms. The second-order valence-electron chi connectivity index (χ2n) is 4.35. The van der Waals surface area contributed by atoms with Crippen LogP contribution in [0.25, 0.3) is 0 Å². The molecule has 0 unspecified atom stereocenters. The molecule has 1 saturated heterocycles. The Hall–Kier alpha value is -1.63. The molecule has 0 N–H and O–H groups in total. The van der Waals surface area contributed by atoms with Crippen LogP contribution in [0.2, 0.25) is 0 Å². The maximum Gasteiger partial charge on any atom is 0.225 e. The molecule has 0 amide bonds. The van der Waals surface area contributed by atoms with Gasteiger partial charge in [0.25, 0.3) is 0 Å². The van der Waals surface area contributed by atoms with E-state index < -0.39 is 0 Å². The molecular weight excluding hydrogens is 200 g/mol. The van der Waals surface area contributed by atoms with E-state index >= 15 is 0 Å². The normalized spacial score (nSPS) is 17.1. The van der Waals surface area contributed by atoms with Gasteiger partial charge in [0.2, 0.25) is 5.95 Å². The molecule has 16 heavy (non-hydrogen) atoms. The number of aromatic nitrogens is 2. The summed E-state index contributed by atoms with van der Waals surface area (Å²) < 4.78 is 0. The number of nitriles is 1. The van der Waals surface area contributed by atoms with Crippen LogP contribution in [0, 0.1) is 24.2 Å². The van der Waals surface area contributed by atoms with Crippen LogP contribution in [0.3, 0.4) is 0 Å². The lowest BCUT2D eigenvalue weighted by Crippen LogP contribution is -2.34. The molecule has 1 aliphatic rings. The highest BCUT2D eigenvalue weighted by atomic mass is 15.2. The predicted octanol–water partition coefficient (Wildman–Crippen LogP) is 1.92. The number of hydrogen-bond acceptors (Lipinski definition) is 4. The zero-order chi connectivity index (χ0) is 11.4. The SMILES string of the molecule is Cc1cnc(N2CCC(CC#N)CC2)nc1. The highest BCUT2D eigenvalue weighted by molar-refractivity contribution is 5.30. The number of aryl methyl sites for hydroxylation is 1. The summed E-state index contributed by atoms with van der Waals surface area (Å²) in [6.45, 7) is 3.92. The molecule has 1 aromatic heterocycles. The molecule has 1 fully saturated rings. The fraction of sp³-hybridized carbons (Fsp3) is 0.583. The van der Waals surface area contributed by atoms with Crippen molar-refractivity contribution in [3.05, 3.63) is 18.0 Å². The zero-order valence-electron chi connectivity index (χ0n) is 9.56. The van der Waals surface area contributed by atoms with Crippen molar-refractivity contribution >= 4 is 5.95 Å². The number of rotatable bonds is 2. The molecule has 2 heterocycles. The van der Waals surface area contributed by atoms with E-state index in [2.05, 4.69) is 20.9 Å². The Kier molecular flexibility index (Phi) is 3.35. The molecule has 84 valence electrons. The minimum absolute atomic E-state index is 0.562. The third kappa shape index (κ3) is 2.48. The van der Waals surface area contributed by atoms with Gasteiger partial charge in [-0.15, -0.1) is 0 Å². The van der Waals surface area contributed by atoms with Gasteiger partial charge in [-0.05, 0) is 31.2 Å². The van der Waals surface area contributed by atoms with Crippen molar-refractivity contribution < 1.29 is 0 Å². The van der Waals surface area contributed by atoms with E-state index in [4.69, 9.17) is 5.26 Å². The first-order valence-electron chi connectivity index (χ1n) is 5.70. The lowest BCUT2D eigenvalue weighted by Gasteiger charge is -2.30. The molecule has 0 aliphatic carbocycles. The average Bonchev–Trinajstić information content (AvgIpc) is 2.32. The van der Waals surface area contributed by atoms with Gasteiger partial charge < -0.3 is 4.90 Å². The fourth-order valence-electron chi connectivity index (χ4n) is 2.02. The van der Waals surface area contributed by atoms with E-state index in [0.717, 1.165) is 37.4 Å². The molecule has 1 aliphatic heterocycles. The second kappa shape index (κ2) is 4.93. The van der Waals surface area contributed by atoms with Gasteiger partial charge in [-0.1, -0.05) is 0 Å². The molecule has 1 aromatic rings. The van der Waals surface area contributed by atoms with Crippen molar-refractivity contribution in [3.8, 4) is 6.07 Å². The van der Waals surface area contributed by atoms with Crippen molar-refractivity contribution in [2.45, 2.75) is 26.2 Å². The molecule has 0 aromatic carbocycles. The highest BCUT2D eigenvalue weighted by Crippen LogP contribution is 2.22. The monoisotopic (exact) mass is 216 g/mol. The second-order valence-corrected chi connectivity index (χ2v) is 4.35. The van der Waals surface area contributed by atoms with Crippen LogP contribution < -0.4 is 4.90 Å². The van der Waals surface area contributed by atoms with Crippen molar-refractivity contribution in [2.24, 2.45) is 5.92 Å². The third-order valence-electron chi connectivity index (χ3n) is 3.04. The summed E-state index contributed by atoms with van der Waals surface area (Å²) in [4.78, 5) is 10.8. The van der Waals surface area contributed by atoms with Crippen LogP contribution >= 0.6 is 0 Å². The maximum atomic E-state index is 8.64. The lowest BCUT2D eigenvalue weighted by atomic mass is 9.94. The summed E-state index contributed by atoms with van der Waals surface area (Å²) in [5, 5.41) is 8.64. The summed E-state index contributed by atoms with van der Waals surface area (Å²) in [7, 11) is 0. The summed E-state index contributed by atoms with van der Waals surface area (Å²) in [5.74, 6) is 1.38. The summed E-state index contributed by atoms with van der Waals surface area (Å²) >= 11 is 0. The highest BCUT2D eigenvalue weighted by Gasteiger charge is 2.20. The van der Waals surface area contributed by atoms with Gasteiger partial charge in [0.05, 0.1) is 6.07 Å². The number of piperidine rings is 1. The van der Waals surface area contributed by atoms with E-state index in [1.165, 1.54) is 0 Å². The van der Waals surface area contributed by atoms with Gasteiger partial charge in [-0.3, -0.25) is 0 Å². The third-order valence-corrected chi connectivity index (χ3v) is 3.04. The molecule has 0 spiro atoms. The van der Waals surface area contributed by atoms with Crippen LogP contribution in [0.15, 0.2) is 12.4 Å². The van der Waals surface area contributed by atoms with E-state index in [1.807, 2.05) is 19.3 Å². The molecule has 0 atom stereocenters. The quantitative estimate of drug-likeness (QED) is 0.757. The standard InChI is InChI=1S/C12H16N4/c1-10-8-14-12(15-9-10)16-6-3-11(2-5-13)4-7-16/h8-9,11H,2-4,6-7H2,1H3. The Bertz CT molecular complexity index is 371. The Morgan fingerprint density at radius 3 is 2.56 bits per heavy atom. The Labute approximate surface area is 95.9 Å². The van der Waals surface area contributed by atoms with Gasteiger partial charge in [-0.25, -0.2) is 9.97 Å². The summed E-state index contributed by atoms with van der Waals surface area (Å²) in [6.07, 6.45) is 6.53. The van der Waals surface area contributed by atoms with Gasteiger partial charge >= 0.3 is 0 Å². The van der Waals surface area contributed by atoms with Crippen molar-refractivity contribution in [1.29, 1.82) is 5.26 Å². The first kappa shape index (κ1) is 10.9. The maximum absolute atomic E-state index is 8.64. The van der Waals surface area contributed by atoms with E-state index in [0.29, 0.717) is 12.3 Å². The predicted molar refractivity (Wildman–Crippen MR) is 61.9 cm³/mol. The fourth-order valence-corrected chi connectivity index (χ4v) is 2.02. The van der Waals surface area contributed by atoms with Crippen molar-refractivity contribution in [3.63, 3.8) is 0 Å². The van der Waals surface area contributed by atoms with Crippen LogP contribution in [-0.2, 0) is 0 Å². The van der Waals surface area contributed by atoms with Crippen LogP contribution in [0.4, 0.5) is 5.95 Å². The van der Waals surface area contributed by atoms with Gasteiger partial charge in [-0.2, -0.15) is 5.26 Å². The molecular formula is C12H16N4. The van der Waals surface area contributed by atoms with Gasteiger partial charge in [0, 0.05) is 31.9 Å². The number of anilines is 1. The Morgan fingerprint density at radius 1 is 1.38 bits per heavy atom. The Morgan fingerprint density at radius 2 is 2.00 bits per heavy atom.